The number of piperazine rings is 1. The lowest BCUT2D eigenvalue weighted by Gasteiger charge is -2.34. The van der Waals surface area contributed by atoms with Crippen LogP contribution in [0.2, 0.25) is 0 Å². The van der Waals surface area contributed by atoms with Crippen LogP contribution in [-0.2, 0) is 10.0 Å². The number of para-hydroxylation sites is 1. The van der Waals surface area contributed by atoms with Crippen molar-refractivity contribution in [2.24, 2.45) is 0 Å². The van der Waals surface area contributed by atoms with Crippen LogP contribution in [0.5, 0.6) is 11.5 Å². The van der Waals surface area contributed by atoms with Crippen LogP contribution in [0.25, 0.3) is 10.9 Å². The van der Waals surface area contributed by atoms with Crippen molar-refractivity contribution in [3.05, 3.63) is 59.3 Å². The molecule has 9 heteroatoms. The molecule has 2 aromatic carbocycles. The van der Waals surface area contributed by atoms with Gasteiger partial charge in [0.25, 0.3) is 5.91 Å². The zero-order valence-electron chi connectivity index (χ0n) is 19.2. The van der Waals surface area contributed by atoms with E-state index in [1.807, 2.05) is 26.0 Å². The van der Waals surface area contributed by atoms with E-state index in [0.717, 1.165) is 16.5 Å². The topological polar surface area (TPSA) is 89.0 Å². The molecule has 1 aliphatic rings. The Hall–Kier alpha value is -3.17. The van der Waals surface area contributed by atoms with Crippen molar-refractivity contribution in [1.29, 1.82) is 0 Å². The Morgan fingerprint density at radius 2 is 1.61 bits per heavy atom. The Balaban J connectivity index is 1.54. The maximum absolute atomic E-state index is 13.4. The Morgan fingerprint density at radius 1 is 0.970 bits per heavy atom. The van der Waals surface area contributed by atoms with Crippen LogP contribution in [0.3, 0.4) is 0 Å². The molecule has 174 valence electrons. The van der Waals surface area contributed by atoms with Gasteiger partial charge in [0.1, 0.15) is 16.4 Å². The number of ether oxygens (including phenoxy) is 2. The largest absolute Gasteiger partial charge is 0.496 e. The number of rotatable bonds is 5. The molecule has 1 saturated heterocycles. The third-order valence-corrected chi connectivity index (χ3v) is 7.88. The van der Waals surface area contributed by atoms with Crippen LogP contribution in [0.4, 0.5) is 0 Å². The van der Waals surface area contributed by atoms with Gasteiger partial charge in [-0.1, -0.05) is 12.1 Å². The first kappa shape index (κ1) is 23.0. The fourth-order valence-corrected chi connectivity index (χ4v) is 5.70. The summed E-state index contributed by atoms with van der Waals surface area (Å²) >= 11 is 0. The summed E-state index contributed by atoms with van der Waals surface area (Å²) in [6.45, 7) is 4.76. The van der Waals surface area contributed by atoms with E-state index in [4.69, 9.17) is 9.47 Å². The Bertz CT molecular complexity index is 1290. The van der Waals surface area contributed by atoms with Crippen LogP contribution in [-0.4, -0.2) is 68.9 Å². The molecule has 0 saturated carbocycles. The Morgan fingerprint density at radius 3 is 2.21 bits per heavy atom. The van der Waals surface area contributed by atoms with Gasteiger partial charge in [0.15, 0.2) is 0 Å². The molecule has 1 amide bonds. The number of pyridine rings is 1. The van der Waals surface area contributed by atoms with Crippen molar-refractivity contribution >= 4 is 26.8 Å². The lowest BCUT2D eigenvalue weighted by Crippen LogP contribution is -2.50. The standard InChI is InChI=1S/C24H27N3O5S/c1-16-12-18-6-5-7-22(23(18)25-15-16)33(29,30)27-10-8-26(9-11-27)24(28)19-13-20(31-3)17(2)21(14-19)32-4/h5-7,12-15H,8-11H2,1-4H3. The van der Waals surface area contributed by atoms with Gasteiger partial charge in [0.05, 0.1) is 19.7 Å². The number of amides is 1. The number of aryl methyl sites for hydroxylation is 1. The second-order valence-corrected chi connectivity index (χ2v) is 9.95. The number of methoxy groups -OCH3 is 2. The van der Waals surface area contributed by atoms with E-state index >= 15 is 0 Å². The summed E-state index contributed by atoms with van der Waals surface area (Å²) in [4.78, 5) is 19.3. The highest BCUT2D eigenvalue weighted by molar-refractivity contribution is 7.89. The summed E-state index contributed by atoms with van der Waals surface area (Å²) in [5.41, 5.74) is 2.68. The van der Waals surface area contributed by atoms with Crippen molar-refractivity contribution in [3.63, 3.8) is 0 Å². The van der Waals surface area contributed by atoms with Crippen LogP contribution < -0.4 is 9.47 Å². The number of nitrogens with zero attached hydrogens (tertiary/aromatic N) is 3. The quantitative estimate of drug-likeness (QED) is 0.571. The van der Waals surface area contributed by atoms with Crippen molar-refractivity contribution < 1.29 is 22.7 Å². The van der Waals surface area contributed by atoms with E-state index in [2.05, 4.69) is 4.98 Å². The van der Waals surface area contributed by atoms with E-state index in [-0.39, 0.29) is 37.0 Å². The smallest absolute Gasteiger partial charge is 0.254 e. The van der Waals surface area contributed by atoms with Crippen LogP contribution in [0.1, 0.15) is 21.5 Å². The monoisotopic (exact) mass is 469 g/mol. The zero-order valence-corrected chi connectivity index (χ0v) is 20.0. The van der Waals surface area contributed by atoms with Crippen molar-refractivity contribution in [2.75, 3.05) is 40.4 Å². The number of hydrogen-bond donors (Lipinski definition) is 0. The summed E-state index contributed by atoms with van der Waals surface area (Å²) in [5.74, 6) is 0.946. The fourth-order valence-electron chi connectivity index (χ4n) is 4.11. The molecule has 4 rings (SSSR count). The minimum absolute atomic E-state index is 0.188. The molecule has 0 spiro atoms. The lowest BCUT2D eigenvalue weighted by atomic mass is 10.1. The molecular formula is C24H27N3O5S. The van der Waals surface area contributed by atoms with Crippen LogP contribution >= 0.6 is 0 Å². The molecule has 3 aromatic rings. The highest BCUT2D eigenvalue weighted by atomic mass is 32.2. The predicted octanol–water partition coefficient (Wildman–Crippen LogP) is 3.02. The first-order valence-corrected chi connectivity index (χ1v) is 12.1. The van der Waals surface area contributed by atoms with Crippen molar-refractivity contribution in [3.8, 4) is 11.5 Å². The number of fused-ring (bicyclic) bond motifs is 1. The van der Waals surface area contributed by atoms with Crippen molar-refractivity contribution in [2.45, 2.75) is 18.7 Å². The van der Waals surface area contributed by atoms with Gasteiger partial charge >= 0.3 is 0 Å². The molecular weight excluding hydrogens is 442 g/mol. The first-order valence-electron chi connectivity index (χ1n) is 10.6. The number of hydrogen-bond acceptors (Lipinski definition) is 6. The van der Waals surface area contributed by atoms with Gasteiger partial charge in [-0.3, -0.25) is 9.78 Å². The Labute approximate surface area is 193 Å². The van der Waals surface area contributed by atoms with Gasteiger partial charge in [0.2, 0.25) is 10.0 Å². The normalized spacial score (nSPS) is 15.0. The summed E-state index contributed by atoms with van der Waals surface area (Å²) in [5, 5.41) is 0.784. The first-order chi connectivity index (χ1) is 15.8. The van der Waals surface area contributed by atoms with Crippen molar-refractivity contribution in [1.82, 2.24) is 14.2 Å². The third kappa shape index (κ3) is 4.26. The van der Waals surface area contributed by atoms with Gasteiger partial charge in [0, 0.05) is 48.9 Å². The van der Waals surface area contributed by atoms with E-state index in [9.17, 15) is 13.2 Å². The average Bonchev–Trinajstić information content (AvgIpc) is 2.83. The van der Waals surface area contributed by atoms with E-state index in [1.54, 1.807) is 49.6 Å². The molecule has 8 nitrogen and oxygen atoms in total. The number of carbonyl (C=O) groups excluding carboxylic acids is 1. The lowest BCUT2D eigenvalue weighted by molar-refractivity contribution is 0.0697. The van der Waals surface area contributed by atoms with E-state index in [1.165, 1.54) is 4.31 Å². The average molecular weight is 470 g/mol. The number of sulfonamides is 1. The molecule has 33 heavy (non-hydrogen) atoms. The summed E-state index contributed by atoms with van der Waals surface area (Å²) in [6, 6.07) is 10.5. The SMILES string of the molecule is COc1cc(C(=O)N2CCN(S(=O)(=O)c3cccc4cc(C)cnc34)CC2)cc(OC)c1C. The Kier molecular flexibility index (Phi) is 6.27. The minimum atomic E-state index is -3.75. The predicted molar refractivity (Wildman–Crippen MR) is 125 cm³/mol. The number of carbonyl (C=O) groups is 1. The molecule has 0 radical (unpaired) electrons. The number of aromatic nitrogens is 1. The molecule has 0 aliphatic carbocycles. The molecule has 0 atom stereocenters. The number of benzene rings is 2. The molecule has 0 bridgehead atoms. The molecule has 1 aromatic heterocycles. The second kappa shape index (κ2) is 8.99. The maximum atomic E-state index is 13.4. The van der Waals surface area contributed by atoms with Gasteiger partial charge in [-0.2, -0.15) is 4.31 Å². The summed E-state index contributed by atoms with van der Waals surface area (Å²) in [6.07, 6.45) is 1.67. The molecule has 1 aliphatic heterocycles. The minimum Gasteiger partial charge on any atom is -0.496 e. The van der Waals surface area contributed by atoms with Gasteiger partial charge in [-0.05, 0) is 43.7 Å². The second-order valence-electron chi connectivity index (χ2n) is 8.04. The van der Waals surface area contributed by atoms with Crippen LogP contribution in [0.15, 0.2) is 47.5 Å². The molecule has 0 N–H and O–H groups in total. The van der Waals surface area contributed by atoms with Gasteiger partial charge in [-0.15, -0.1) is 0 Å². The zero-order chi connectivity index (χ0) is 23.8. The van der Waals surface area contributed by atoms with E-state index < -0.39 is 10.0 Å². The summed E-state index contributed by atoms with van der Waals surface area (Å²) in [7, 11) is -0.660. The molecule has 1 fully saturated rings. The van der Waals surface area contributed by atoms with Gasteiger partial charge < -0.3 is 14.4 Å². The third-order valence-electron chi connectivity index (χ3n) is 5.95. The molecule has 2 heterocycles. The highest BCUT2D eigenvalue weighted by Gasteiger charge is 2.32. The maximum Gasteiger partial charge on any atom is 0.254 e. The van der Waals surface area contributed by atoms with E-state index in [0.29, 0.717) is 22.6 Å². The highest BCUT2D eigenvalue weighted by Crippen LogP contribution is 2.31. The van der Waals surface area contributed by atoms with Crippen LogP contribution in [0, 0.1) is 13.8 Å². The summed E-state index contributed by atoms with van der Waals surface area (Å²) < 4.78 is 38.9. The van der Waals surface area contributed by atoms with Gasteiger partial charge in [-0.25, -0.2) is 8.42 Å². The fraction of sp³-hybridized carbons (Fsp3) is 0.333. The molecule has 0 unspecified atom stereocenters.